The van der Waals surface area contributed by atoms with E-state index in [1.807, 2.05) is 44.2 Å². The lowest BCUT2D eigenvalue weighted by Crippen LogP contribution is -1.98. The Kier molecular flexibility index (Phi) is 3.50. The fraction of sp³-hybridized carbons (Fsp3) is 0.125. The smallest absolute Gasteiger partial charge is 0.102 e. The number of nitrogens with zero attached hydrogens (tertiary/aromatic N) is 2. The van der Waals surface area contributed by atoms with Gasteiger partial charge in [0, 0.05) is 0 Å². The Balaban J connectivity index is 2.49. The Morgan fingerprint density at radius 3 is 2.42 bits per heavy atom. The van der Waals surface area contributed by atoms with E-state index in [0.29, 0.717) is 11.1 Å². The minimum atomic E-state index is 0.566. The first-order chi connectivity index (χ1) is 9.15. The van der Waals surface area contributed by atoms with Crippen LogP contribution in [0.3, 0.4) is 0 Å². The average Bonchev–Trinajstić information content (AvgIpc) is 2.39. The van der Waals surface area contributed by atoms with Crippen LogP contribution in [0.5, 0.6) is 0 Å². The van der Waals surface area contributed by atoms with E-state index in [0.717, 1.165) is 22.5 Å². The predicted octanol–water partition coefficient (Wildman–Crippen LogP) is 3.79. The number of nitriles is 2. The summed E-state index contributed by atoms with van der Waals surface area (Å²) < 4.78 is 0. The van der Waals surface area contributed by atoms with Crippen molar-refractivity contribution in [3.05, 3.63) is 58.7 Å². The minimum Gasteiger partial charge on any atom is -0.353 e. The summed E-state index contributed by atoms with van der Waals surface area (Å²) in [4.78, 5) is 0. The third kappa shape index (κ3) is 2.56. The molecule has 0 unspecified atom stereocenters. The van der Waals surface area contributed by atoms with Crippen LogP contribution in [0.4, 0.5) is 11.4 Å². The highest BCUT2D eigenvalue weighted by atomic mass is 14.9. The largest absolute Gasteiger partial charge is 0.353 e. The molecule has 0 aliphatic rings. The van der Waals surface area contributed by atoms with E-state index in [9.17, 15) is 5.26 Å². The third-order valence-electron chi connectivity index (χ3n) is 2.95. The summed E-state index contributed by atoms with van der Waals surface area (Å²) in [5.74, 6) is 0. The Morgan fingerprint density at radius 2 is 1.74 bits per heavy atom. The van der Waals surface area contributed by atoms with Crippen molar-refractivity contribution in [1.29, 1.82) is 10.5 Å². The van der Waals surface area contributed by atoms with Gasteiger partial charge in [-0.15, -0.1) is 0 Å². The van der Waals surface area contributed by atoms with Gasteiger partial charge in [-0.2, -0.15) is 10.5 Å². The number of anilines is 2. The molecule has 19 heavy (non-hydrogen) atoms. The first-order valence-corrected chi connectivity index (χ1v) is 5.93. The van der Waals surface area contributed by atoms with Crippen LogP contribution in [-0.2, 0) is 0 Å². The summed E-state index contributed by atoms with van der Waals surface area (Å²) in [6, 6.07) is 15.5. The second kappa shape index (κ2) is 5.25. The van der Waals surface area contributed by atoms with Crippen LogP contribution in [0.1, 0.15) is 22.3 Å². The van der Waals surface area contributed by atoms with Crippen LogP contribution < -0.4 is 5.32 Å². The van der Waals surface area contributed by atoms with Gasteiger partial charge in [0.1, 0.15) is 12.1 Å². The van der Waals surface area contributed by atoms with Gasteiger partial charge in [0.25, 0.3) is 0 Å². The lowest BCUT2D eigenvalue weighted by Gasteiger charge is -2.11. The normalized spacial score (nSPS) is 9.47. The van der Waals surface area contributed by atoms with Gasteiger partial charge in [-0.25, -0.2) is 0 Å². The molecular weight excluding hydrogens is 234 g/mol. The van der Waals surface area contributed by atoms with Gasteiger partial charge in [-0.1, -0.05) is 18.2 Å². The summed E-state index contributed by atoms with van der Waals surface area (Å²) in [5.41, 5.74) is 4.60. The molecule has 0 saturated heterocycles. The van der Waals surface area contributed by atoms with Crippen molar-refractivity contribution >= 4 is 11.4 Å². The van der Waals surface area contributed by atoms with Gasteiger partial charge in [-0.05, 0) is 43.2 Å². The Morgan fingerprint density at radius 1 is 0.947 bits per heavy atom. The lowest BCUT2D eigenvalue weighted by molar-refractivity contribution is 1.36. The number of nitrogens with one attached hydrogen (secondary N) is 1. The van der Waals surface area contributed by atoms with E-state index < -0.39 is 0 Å². The van der Waals surface area contributed by atoms with Crippen LogP contribution >= 0.6 is 0 Å². The zero-order valence-electron chi connectivity index (χ0n) is 10.9. The molecule has 92 valence electrons. The molecular formula is C16H13N3. The number of benzene rings is 2. The van der Waals surface area contributed by atoms with Crippen molar-refractivity contribution in [3.63, 3.8) is 0 Å². The van der Waals surface area contributed by atoms with Gasteiger partial charge < -0.3 is 5.32 Å². The van der Waals surface area contributed by atoms with E-state index in [1.54, 1.807) is 6.07 Å². The maximum atomic E-state index is 9.20. The molecule has 0 aliphatic heterocycles. The molecule has 3 heteroatoms. The molecule has 1 N–H and O–H groups in total. The standard InChI is InChI=1S/C16H13N3/c1-11-6-7-13(9-17)16(8-11)19-15-5-3-4-12(2)14(15)10-18/h3-8,19H,1-2H3. The molecule has 0 aliphatic carbocycles. The molecule has 0 bridgehead atoms. The molecule has 2 aromatic carbocycles. The minimum absolute atomic E-state index is 0.566. The highest BCUT2D eigenvalue weighted by Gasteiger charge is 2.08. The van der Waals surface area contributed by atoms with Gasteiger partial charge in [0.2, 0.25) is 0 Å². The zero-order valence-corrected chi connectivity index (χ0v) is 10.9. The highest BCUT2D eigenvalue weighted by Crippen LogP contribution is 2.25. The molecule has 2 rings (SSSR count). The summed E-state index contributed by atoms with van der Waals surface area (Å²) >= 11 is 0. The van der Waals surface area contributed by atoms with Crippen LogP contribution in [0.2, 0.25) is 0 Å². The van der Waals surface area contributed by atoms with E-state index in [2.05, 4.69) is 17.5 Å². The zero-order chi connectivity index (χ0) is 13.8. The molecule has 0 radical (unpaired) electrons. The average molecular weight is 247 g/mol. The maximum Gasteiger partial charge on any atom is 0.102 e. The SMILES string of the molecule is Cc1ccc(C#N)c(Nc2cccc(C)c2C#N)c1. The van der Waals surface area contributed by atoms with Crippen molar-refractivity contribution in [2.45, 2.75) is 13.8 Å². The van der Waals surface area contributed by atoms with Crippen LogP contribution in [0.25, 0.3) is 0 Å². The lowest BCUT2D eigenvalue weighted by atomic mass is 10.1. The van der Waals surface area contributed by atoms with Crippen molar-refractivity contribution < 1.29 is 0 Å². The van der Waals surface area contributed by atoms with Crippen molar-refractivity contribution in [2.24, 2.45) is 0 Å². The number of hydrogen-bond donors (Lipinski definition) is 1. The number of rotatable bonds is 2. The molecule has 2 aromatic rings. The van der Waals surface area contributed by atoms with E-state index >= 15 is 0 Å². The van der Waals surface area contributed by atoms with Crippen LogP contribution in [0, 0.1) is 36.5 Å². The summed E-state index contributed by atoms with van der Waals surface area (Å²) in [6.07, 6.45) is 0. The van der Waals surface area contributed by atoms with Gasteiger partial charge in [0.05, 0.1) is 22.5 Å². The molecule has 0 saturated carbocycles. The molecule has 3 nitrogen and oxygen atoms in total. The molecule has 0 aromatic heterocycles. The molecule has 0 heterocycles. The second-order valence-corrected chi connectivity index (χ2v) is 4.40. The summed E-state index contributed by atoms with van der Waals surface area (Å²) in [5, 5.41) is 21.5. The number of aryl methyl sites for hydroxylation is 2. The van der Waals surface area contributed by atoms with Gasteiger partial charge in [0.15, 0.2) is 0 Å². The quantitative estimate of drug-likeness (QED) is 0.878. The Labute approximate surface area is 112 Å². The Hall–Kier alpha value is -2.78. The van der Waals surface area contributed by atoms with E-state index in [1.165, 1.54) is 0 Å². The summed E-state index contributed by atoms with van der Waals surface area (Å²) in [7, 11) is 0. The highest BCUT2D eigenvalue weighted by molar-refractivity contribution is 5.72. The van der Waals surface area contributed by atoms with Crippen molar-refractivity contribution in [1.82, 2.24) is 0 Å². The number of hydrogen-bond acceptors (Lipinski definition) is 3. The first kappa shape index (κ1) is 12.7. The molecule has 0 atom stereocenters. The molecule has 0 fully saturated rings. The van der Waals surface area contributed by atoms with Crippen LogP contribution in [0.15, 0.2) is 36.4 Å². The Bertz CT molecular complexity index is 703. The maximum absolute atomic E-state index is 9.20. The van der Waals surface area contributed by atoms with Crippen LogP contribution in [-0.4, -0.2) is 0 Å². The van der Waals surface area contributed by atoms with Crippen molar-refractivity contribution in [3.8, 4) is 12.1 Å². The molecule has 0 spiro atoms. The molecule has 0 amide bonds. The van der Waals surface area contributed by atoms with Crippen molar-refractivity contribution in [2.75, 3.05) is 5.32 Å². The predicted molar refractivity (Wildman–Crippen MR) is 75.1 cm³/mol. The first-order valence-electron chi connectivity index (χ1n) is 5.93. The second-order valence-electron chi connectivity index (χ2n) is 4.40. The van der Waals surface area contributed by atoms with E-state index in [-0.39, 0.29) is 0 Å². The van der Waals surface area contributed by atoms with Gasteiger partial charge >= 0.3 is 0 Å². The monoisotopic (exact) mass is 247 g/mol. The fourth-order valence-electron chi connectivity index (χ4n) is 1.92. The van der Waals surface area contributed by atoms with E-state index in [4.69, 9.17) is 5.26 Å². The topological polar surface area (TPSA) is 59.6 Å². The van der Waals surface area contributed by atoms with Gasteiger partial charge in [-0.3, -0.25) is 0 Å². The fourth-order valence-corrected chi connectivity index (χ4v) is 1.92. The third-order valence-corrected chi connectivity index (χ3v) is 2.95. The summed E-state index contributed by atoms with van der Waals surface area (Å²) in [6.45, 7) is 3.86.